The van der Waals surface area contributed by atoms with E-state index in [-0.39, 0.29) is 16.7 Å². The lowest BCUT2D eigenvalue weighted by molar-refractivity contribution is 0.0965. The highest BCUT2D eigenvalue weighted by molar-refractivity contribution is 6.37. The Balaban J connectivity index is 1.36. The van der Waals surface area contributed by atoms with Crippen LogP contribution in [-0.4, -0.2) is 16.3 Å². The molecule has 32 heavy (non-hydrogen) atoms. The minimum Gasteiger partial charge on any atom is -0.449 e. The Morgan fingerprint density at radius 3 is 2.66 bits per heavy atom. The summed E-state index contributed by atoms with van der Waals surface area (Å²) in [5.74, 6) is 0.128. The van der Waals surface area contributed by atoms with E-state index in [1.165, 1.54) is 6.07 Å². The van der Waals surface area contributed by atoms with Crippen LogP contribution in [0.1, 0.15) is 38.0 Å². The summed E-state index contributed by atoms with van der Waals surface area (Å²) in [6.07, 6.45) is 3.55. The quantitative estimate of drug-likeness (QED) is 0.360. The average Bonchev–Trinajstić information content (AvgIpc) is 3.39. The van der Waals surface area contributed by atoms with Gasteiger partial charge in [-0.05, 0) is 60.7 Å². The van der Waals surface area contributed by atoms with Crippen molar-refractivity contribution < 1.29 is 14.0 Å². The van der Waals surface area contributed by atoms with Crippen LogP contribution in [0.2, 0.25) is 10.0 Å². The Morgan fingerprint density at radius 2 is 1.88 bits per heavy atom. The SMILES string of the molecule is O=C(Nc1ccc(C(=O)C2Nc3occc3Cn3cccc32)cc1)c1ccc(Cl)cc1Cl. The fraction of sp³-hybridized carbons (Fsp3) is 0.0833. The highest BCUT2D eigenvalue weighted by Crippen LogP contribution is 2.32. The Bertz CT molecular complexity index is 1320. The molecule has 1 atom stereocenters. The molecular formula is C24H17Cl2N3O3. The molecule has 1 amide bonds. The second-order valence-corrected chi connectivity index (χ2v) is 8.28. The topological polar surface area (TPSA) is 76.3 Å². The number of halogens is 2. The van der Waals surface area contributed by atoms with Crippen LogP contribution in [0.3, 0.4) is 0 Å². The molecule has 0 radical (unpaired) electrons. The van der Waals surface area contributed by atoms with Crippen molar-refractivity contribution in [2.75, 3.05) is 10.6 Å². The lowest BCUT2D eigenvalue weighted by Gasteiger charge is -2.17. The van der Waals surface area contributed by atoms with Crippen LogP contribution in [0.5, 0.6) is 0 Å². The molecule has 0 saturated carbocycles. The van der Waals surface area contributed by atoms with E-state index in [2.05, 4.69) is 10.6 Å². The molecule has 5 rings (SSSR count). The van der Waals surface area contributed by atoms with E-state index in [0.29, 0.717) is 34.3 Å². The number of anilines is 2. The van der Waals surface area contributed by atoms with Crippen LogP contribution >= 0.6 is 23.2 Å². The molecule has 4 aromatic rings. The van der Waals surface area contributed by atoms with Gasteiger partial charge in [0.05, 0.1) is 23.4 Å². The van der Waals surface area contributed by atoms with Gasteiger partial charge in [0.1, 0.15) is 6.04 Å². The lowest BCUT2D eigenvalue weighted by atomic mass is 10.0. The molecule has 0 aliphatic carbocycles. The third kappa shape index (κ3) is 3.79. The van der Waals surface area contributed by atoms with Gasteiger partial charge in [-0.3, -0.25) is 9.59 Å². The summed E-state index contributed by atoms with van der Waals surface area (Å²) < 4.78 is 7.56. The van der Waals surface area contributed by atoms with Gasteiger partial charge >= 0.3 is 0 Å². The van der Waals surface area contributed by atoms with Gasteiger partial charge in [-0.15, -0.1) is 0 Å². The van der Waals surface area contributed by atoms with Gasteiger partial charge in [0.2, 0.25) is 0 Å². The van der Waals surface area contributed by atoms with Crippen LogP contribution in [0.15, 0.2) is 77.5 Å². The number of nitrogens with one attached hydrogen (secondary N) is 2. The summed E-state index contributed by atoms with van der Waals surface area (Å²) in [6.45, 7) is 0.628. The van der Waals surface area contributed by atoms with Gasteiger partial charge in [-0.25, -0.2) is 0 Å². The number of hydrogen-bond acceptors (Lipinski definition) is 4. The molecule has 0 fully saturated rings. The molecule has 1 unspecified atom stereocenters. The zero-order valence-corrected chi connectivity index (χ0v) is 18.2. The molecule has 2 aromatic heterocycles. The van der Waals surface area contributed by atoms with Crippen LogP contribution in [0.4, 0.5) is 11.6 Å². The van der Waals surface area contributed by atoms with Crippen molar-refractivity contribution in [2.24, 2.45) is 0 Å². The summed E-state index contributed by atoms with van der Waals surface area (Å²) in [4.78, 5) is 25.9. The lowest BCUT2D eigenvalue weighted by Crippen LogP contribution is -2.22. The van der Waals surface area contributed by atoms with Gasteiger partial charge < -0.3 is 19.6 Å². The normalized spacial score (nSPS) is 14.6. The number of benzene rings is 2. The van der Waals surface area contributed by atoms with Crippen molar-refractivity contribution in [3.05, 3.63) is 106 Å². The van der Waals surface area contributed by atoms with E-state index >= 15 is 0 Å². The van der Waals surface area contributed by atoms with Crippen LogP contribution in [-0.2, 0) is 6.54 Å². The number of aromatic nitrogens is 1. The molecule has 2 aromatic carbocycles. The number of fused-ring (bicyclic) bond motifs is 2. The monoisotopic (exact) mass is 465 g/mol. The number of hydrogen-bond donors (Lipinski definition) is 2. The van der Waals surface area contributed by atoms with Crippen molar-refractivity contribution in [3.63, 3.8) is 0 Å². The van der Waals surface area contributed by atoms with E-state index in [0.717, 1.165) is 11.3 Å². The first-order valence-corrected chi connectivity index (χ1v) is 10.6. The summed E-state index contributed by atoms with van der Waals surface area (Å²) >= 11 is 12.0. The van der Waals surface area contributed by atoms with Gasteiger partial charge in [0, 0.05) is 33.7 Å². The van der Waals surface area contributed by atoms with Gasteiger partial charge in [-0.2, -0.15) is 0 Å². The van der Waals surface area contributed by atoms with Crippen molar-refractivity contribution in [2.45, 2.75) is 12.6 Å². The minimum absolute atomic E-state index is 0.104. The number of furan rings is 1. The Morgan fingerprint density at radius 1 is 1.06 bits per heavy atom. The summed E-state index contributed by atoms with van der Waals surface area (Å²) in [6, 6.07) is 16.6. The fourth-order valence-corrected chi connectivity index (χ4v) is 4.26. The third-order valence-electron chi connectivity index (χ3n) is 5.39. The first-order valence-electron chi connectivity index (χ1n) is 9.88. The maximum Gasteiger partial charge on any atom is 0.257 e. The first kappa shape index (κ1) is 20.4. The van der Waals surface area contributed by atoms with E-state index in [1.807, 2.05) is 29.0 Å². The number of ketones is 1. The molecule has 3 heterocycles. The van der Waals surface area contributed by atoms with E-state index in [9.17, 15) is 9.59 Å². The second kappa shape index (κ2) is 8.22. The highest BCUT2D eigenvalue weighted by atomic mass is 35.5. The fourth-order valence-electron chi connectivity index (χ4n) is 3.77. The Hall–Kier alpha value is -3.48. The summed E-state index contributed by atoms with van der Waals surface area (Å²) in [5, 5.41) is 6.73. The zero-order valence-electron chi connectivity index (χ0n) is 16.6. The van der Waals surface area contributed by atoms with E-state index < -0.39 is 6.04 Å². The zero-order chi connectivity index (χ0) is 22.2. The van der Waals surface area contributed by atoms with Crippen molar-refractivity contribution >= 4 is 46.5 Å². The van der Waals surface area contributed by atoms with Crippen molar-refractivity contribution in [1.82, 2.24) is 4.57 Å². The molecule has 160 valence electrons. The average molecular weight is 466 g/mol. The molecule has 1 aliphatic rings. The predicted octanol–water partition coefficient (Wildman–Crippen LogP) is 6.04. The van der Waals surface area contributed by atoms with E-state index in [1.54, 1.807) is 42.7 Å². The number of rotatable bonds is 4. The summed E-state index contributed by atoms with van der Waals surface area (Å²) in [7, 11) is 0. The van der Waals surface area contributed by atoms with E-state index in [4.69, 9.17) is 27.6 Å². The molecule has 6 nitrogen and oxygen atoms in total. The minimum atomic E-state index is -0.592. The van der Waals surface area contributed by atoms with Crippen molar-refractivity contribution in [1.29, 1.82) is 0 Å². The Labute approximate surface area is 193 Å². The highest BCUT2D eigenvalue weighted by Gasteiger charge is 2.29. The number of carbonyl (C=O) groups excluding carboxylic acids is 2. The Kier molecular flexibility index (Phi) is 5.25. The molecule has 2 N–H and O–H groups in total. The smallest absolute Gasteiger partial charge is 0.257 e. The number of Topliss-reactive ketones (excluding diaryl/α,β-unsaturated/α-hetero) is 1. The van der Waals surface area contributed by atoms with Crippen LogP contribution in [0, 0.1) is 0 Å². The van der Waals surface area contributed by atoms with Gasteiger partial charge in [0.15, 0.2) is 11.7 Å². The molecule has 0 saturated heterocycles. The number of amides is 1. The predicted molar refractivity (Wildman–Crippen MR) is 124 cm³/mol. The number of carbonyl (C=O) groups is 2. The molecule has 1 aliphatic heterocycles. The summed E-state index contributed by atoms with van der Waals surface area (Å²) in [5.41, 5.74) is 3.21. The number of nitrogens with zero attached hydrogens (tertiary/aromatic N) is 1. The maximum absolute atomic E-state index is 13.3. The molecule has 0 bridgehead atoms. The molecular weight excluding hydrogens is 449 g/mol. The largest absolute Gasteiger partial charge is 0.449 e. The van der Waals surface area contributed by atoms with Crippen LogP contribution < -0.4 is 10.6 Å². The maximum atomic E-state index is 13.3. The van der Waals surface area contributed by atoms with Crippen molar-refractivity contribution in [3.8, 4) is 0 Å². The molecule has 0 spiro atoms. The van der Waals surface area contributed by atoms with Gasteiger partial charge in [0.25, 0.3) is 5.91 Å². The third-order valence-corrected chi connectivity index (χ3v) is 5.94. The standard InChI is InChI=1S/C24H17Cl2N3O3/c25-16-5-8-18(19(26)12-16)23(31)27-17-6-3-14(4-7-17)22(30)21-20-2-1-10-29(20)13-15-9-11-32-24(15)28-21/h1-12,21,28H,13H2,(H,27,31). The second-order valence-electron chi connectivity index (χ2n) is 7.43. The van der Waals surface area contributed by atoms with Gasteiger partial charge in [-0.1, -0.05) is 23.2 Å². The molecule has 8 heteroatoms. The first-order chi connectivity index (χ1) is 15.5. The van der Waals surface area contributed by atoms with Crippen LogP contribution in [0.25, 0.3) is 0 Å².